The van der Waals surface area contributed by atoms with E-state index >= 15 is 0 Å². The summed E-state index contributed by atoms with van der Waals surface area (Å²) >= 11 is 0. The topological polar surface area (TPSA) is 40.8 Å². The SMILES string of the molecule is Cc1cc(CNCC(C)C#N)c(C)n1-c1ccccc1. The highest BCUT2D eigenvalue weighted by molar-refractivity contribution is 5.40. The largest absolute Gasteiger partial charge is 0.318 e. The number of nitriles is 1. The standard InChI is InChI=1S/C17H21N3/c1-13(10-18)11-19-12-16-9-14(2)20(15(16)3)17-7-5-4-6-8-17/h4-9,13,19H,11-12H2,1-3H3. The van der Waals surface area contributed by atoms with Crippen LogP contribution in [-0.4, -0.2) is 11.1 Å². The van der Waals surface area contributed by atoms with Gasteiger partial charge in [-0.1, -0.05) is 18.2 Å². The fourth-order valence-corrected chi connectivity index (χ4v) is 2.45. The molecule has 0 fully saturated rings. The van der Waals surface area contributed by atoms with Gasteiger partial charge in [0, 0.05) is 30.2 Å². The highest BCUT2D eigenvalue weighted by Crippen LogP contribution is 2.20. The van der Waals surface area contributed by atoms with Crippen molar-refractivity contribution in [2.45, 2.75) is 27.3 Å². The first-order chi connectivity index (χ1) is 9.63. The van der Waals surface area contributed by atoms with Crippen molar-refractivity contribution in [1.29, 1.82) is 5.26 Å². The van der Waals surface area contributed by atoms with Crippen LogP contribution >= 0.6 is 0 Å². The zero-order chi connectivity index (χ0) is 14.5. The van der Waals surface area contributed by atoms with E-state index in [-0.39, 0.29) is 5.92 Å². The quantitative estimate of drug-likeness (QED) is 0.902. The summed E-state index contributed by atoms with van der Waals surface area (Å²) in [7, 11) is 0. The minimum atomic E-state index is 0.0487. The molecule has 1 aromatic heterocycles. The highest BCUT2D eigenvalue weighted by atomic mass is 15.0. The molecule has 1 unspecified atom stereocenters. The Labute approximate surface area is 120 Å². The number of rotatable bonds is 5. The Bertz CT molecular complexity index is 605. The van der Waals surface area contributed by atoms with Gasteiger partial charge in [0.25, 0.3) is 0 Å². The van der Waals surface area contributed by atoms with Crippen molar-refractivity contribution in [1.82, 2.24) is 9.88 Å². The van der Waals surface area contributed by atoms with E-state index in [1.807, 2.05) is 13.0 Å². The molecule has 0 amide bonds. The van der Waals surface area contributed by atoms with Gasteiger partial charge in [-0.25, -0.2) is 0 Å². The van der Waals surface area contributed by atoms with Crippen LogP contribution < -0.4 is 5.32 Å². The molecule has 0 saturated heterocycles. The maximum atomic E-state index is 8.79. The number of aromatic nitrogens is 1. The lowest BCUT2D eigenvalue weighted by Gasteiger charge is -2.10. The van der Waals surface area contributed by atoms with Crippen LogP contribution in [-0.2, 0) is 6.54 Å². The second kappa shape index (κ2) is 6.40. The summed E-state index contributed by atoms with van der Waals surface area (Å²) in [5.41, 5.74) is 4.97. The Morgan fingerprint density at radius 1 is 1.25 bits per heavy atom. The molecule has 0 aliphatic heterocycles. The molecule has 2 rings (SSSR count). The number of hydrogen-bond acceptors (Lipinski definition) is 2. The monoisotopic (exact) mass is 267 g/mol. The van der Waals surface area contributed by atoms with Gasteiger partial charge in [-0.15, -0.1) is 0 Å². The average Bonchev–Trinajstić information content (AvgIpc) is 2.74. The van der Waals surface area contributed by atoms with Gasteiger partial charge < -0.3 is 9.88 Å². The molecule has 0 saturated carbocycles. The van der Waals surface area contributed by atoms with Crippen molar-refractivity contribution in [3.05, 3.63) is 53.3 Å². The summed E-state index contributed by atoms with van der Waals surface area (Å²) in [6, 6.07) is 14.8. The van der Waals surface area contributed by atoms with Gasteiger partial charge in [-0.05, 0) is 44.5 Å². The van der Waals surface area contributed by atoms with E-state index in [1.165, 1.54) is 22.6 Å². The maximum Gasteiger partial charge on any atom is 0.0666 e. The van der Waals surface area contributed by atoms with Crippen LogP contribution in [0.15, 0.2) is 36.4 Å². The summed E-state index contributed by atoms with van der Waals surface area (Å²) in [5.74, 6) is 0.0487. The van der Waals surface area contributed by atoms with Crippen molar-refractivity contribution in [2.75, 3.05) is 6.54 Å². The fraction of sp³-hybridized carbons (Fsp3) is 0.353. The zero-order valence-corrected chi connectivity index (χ0v) is 12.4. The molecule has 1 aromatic carbocycles. The molecule has 0 spiro atoms. The van der Waals surface area contributed by atoms with Crippen molar-refractivity contribution >= 4 is 0 Å². The van der Waals surface area contributed by atoms with Crippen LogP contribution in [0.2, 0.25) is 0 Å². The molecule has 1 heterocycles. The van der Waals surface area contributed by atoms with Gasteiger partial charge in [0.15, 0.2) is 0 Å². The Morgan fingerprint density at radius 2 is 1.95 bits per heavy atom. The van der Waals surface area contributed by atoms with Crippen molar-refractivity contribution in [3.63, 3.8) is 0 Å². The second-order valence-corrected chi connectivity index (χ2v) is 5.23. The smallest absolute Gasteiger partial charge is 0.0666 e. The van der Waals surface area contributed by atoms with Crippen molar-refractivity contribution < 1.29 is 0 Å². The van der Waals surface area contributed by atoms with Gasteiger partial charge in [-0.3, -0.25) is 0 Å². The molecule has 0 bridgehead atoms. The lowest BCUT2D eigenvalue weighted by Crippen LogP contribution is -2.20. The Morgan fingerprint density at radius 3 is 2.60 bits per heavy atom. The van der Waals surface area contributed by atoms with E-state index in [1.54, 1.807) is 0 Å². The molecule has 20 heavy (non-hydrogen) atoms. The van der Waals surface area contributed by atoms with Gasteiger partial charge in [0.1, 0.15) is 0 Å². The van der Waals surface area contributed by atoms with Gasteiger partial charge in [0.05, 0.1) is 12.0 Å². The molecule has 104 valence electrons. The fourth-order valence-electron chi connectivity index (χ4n) is 2.45. The molecule has 0 aliphatic rings. The van der Waals surface area contributed by atoms with E-state index < -0.39 is 0 Å². The van der Waals surface area contributed by atoms with E-state index in [0.29, 0.717) is 0 Å². The molecular weight excluding hydrogens is 246 g/mol. The minimum absolute atomic E-state index is 0.0487. The van der Waals surface area contributed by atoms with Crippen LogP contribution in [0, 0.1) is 31.1 Å². The summed E-state index contributed by atoms with van der Waals surface area (Å²) in [4.78, 5) is 0. The number of hydrogen-bond donors (Lipinski definition) is 1. The van der Waals surface area contributed by atoms with Crippen LogP contribution in [0.25, 0.3) is 5.69 Å². The number of para-hydroxylation sites is 1. The number of nitrogens with zero attached hydrogens (tertiary/aromatic N) is 2. The van der Waals surface area contributed by atoms with Crippen molar-refractivity contribution in [3.8, 4) is 11.8 Å². The average molecular weight is 267 g/mol. The Balaban J connectivity index is 2.16. The van der Waals surface area contributed by atoms with E-state index in [0.717, 1.165) is 13.1 Å². The molecular formula is C17H21N3. The van der Waals surface area contributed by atoms with Crippen molar-refractivity contribution in [2.24, 2.45) is 5.92 Å². The van der Waals surface area contributed by atoms with E-state index in [9.17, 15) is 0 Å². The highest BCUT2D eigenvalue weighted by Gasteiger charge is 2.10. The minimum Gasteiger partial charge on any atom is -0.318 e. The lowest BCUT2D eigenvalue weighted by atomic mass is 10.2. The van der Waals surface area contributed by atoms with Gasteiger partial charge in [0.2, 0.25) is 0 Å². The summed E-state index contributed by atoms with van der Waals surface area (Å²) in [5, 5.41) is 12.1. The first kappa shape index (κ1) is 14.4. The second-order valence-electron chi connectivity index (χ2n) is 5.23. The third-order valence-electron chi connectivity index (χ3n) is 3.54. The predicted octanol–water partition coefficient (Wildman–Crippen LogP) is 3.34. The van der Waals surface area contributed by atoms with E-state index in [4.69, 9.17) is 5.26 Å². The lowest BCUT2D eigenvalue weighted by molar-refractivity contribution is 0.600. The van der Waals surface area contributed by atoms with E-state index in [2.05, 4.69) is 60.1 Å². The molecule has 0 aliphatic carbocycles. The summed E-state index contributed by atoms with van der Waals surface area (Å²) in [6.45, 7) is 7.73. The number of benzene rings is 1. The third kappa shape index (κ3) is 3.09. The van der Waals surface area contributed by atoms with Gasteiger partial charge >= 0.3 is 0 Å². The maximum absolute atomic E-state index is 8.79. The number of aryl methyl sites for hydroxylation is 1. The van der Waals surface area contributed by atoms with Crippen LogP contribution in [0.3, 0.4) is 0 Å². The first-order valence-corrected chi connectivity index (χ1v) is 6.97. The van der Waals surface area contributed by atoms with Crippen LogP contribution in [0.1, 0.15) is 23.9 Å². The molecule has 0 radical (unpaired) electrons. The predicted molar refractivity (Wildman–Crippen MR) is 81.7 cm³/mol. The Kier molecular flexibility index (Phi) is 4.60. The molecule has 2 aromatic rings. The molecule has 1 N–H and O–H groups in total. The third-order valence-corrected chi connectivity index (χ3v) is 3.54. The van der Waals surface area contributed by atoms with Gasteiger partial charge in [-0.2, -0.15) is 5.26 Å². The van der Waals surface area contributed by atoms with Crippen LogP contribution in [0.5, 0.6) is 0 Å². The Hall–Kier alpha value is -2.05. The normalized spacial score (nSPS) is 12.1. The summed E-state index contributed by atoms with van der Waals surface area (Å²) in [6.07, 6.45) is 0. The molecule has 1 atom stereocenters. The van der Waals surface area contributed by atoms with Crippen LogP contribution in [0.4, 0.5) is 0 Å². The zero-order valence-electron chi connectivity index (χ0n) is 12.4. The molecule has 3 heteroatoms. The molecule has 3 nitrogen and oxygen atoms in total. The summed E-state index contributed by atoms with van der Waals surface area (Å²) < 4.78 is 2.27. The first-order valence-electron chi connectivity index (χ1n) is 6.97. The number of nitrogens with one attached hydrogen (secondary N) is 1.